The van der Waals surface area contributed by atoms with Crippen molar-refractivity contribution in [2.75, 3.05) is 26.7 Å². The molecule has 4 rings (SSSR count). The fourth-order valence-corrected chi connectivity index (χ4v) is 4.49. The number of hydrogen-bond acceptors (Lipinski definition) is 7. The minimum atomic E-state index is -0.502. The van der Waals surface area contributed by atoms with Gasteiger partial charge in [-0.25, -0.2) is 4.79 Å². The first-order chi connectivity index (χ1) is 17.9. The molecule has 10 heteroatoms. The van der Waals surface area contributed by atoms with E-state index in [1.807, 2.05) is 56.4 Å². The lowest BCUT2D eigenvalue weighted by Crippen LogP contribution is -2.48. The number of aliphatic hydroxyl groups excluding tert-OH is 1. The van der Waals surface area contributed by atoms with Gasteiger partial charge in [-0.05, 0) is 24.8 Å². The van der Waals surface area contributed by atoms with E-state index in [9.17, 15) is 14.7 Å². The van der Waals surface area contributed by atoms with E-state index >= 15 is 0 Å². The summed E-state index contributed by atoms with van der Waals surface area (Å²) in [6.07, 6.45) is 1.86. The summed E-state index contributed by atoms with van der Waals surface area (Å²) in [5.74, 6) is 0.320. The van der Waals surface area contributed by atoms with Crippen LogP contribution < -0.4 is 4.74 Å². The molecule has 2 amide bonds. The van der Waals surface area contributed by atoms with Gasteiger partial charge < -0.3 is 24.4 Å². The Kier molecular flexibility index (Phi) is 8.73. The molecule has 0 saturated heterocycles. The van der Waals surface area contributed by atoms with Crippen LogP contribution in [-0.4, -0.2) is 80.8 Å². The summed E-state index contributed by atoms with van der Waals surface area (Å²) in [4.78, 5) is 29.3. The highest BCUT2D eigenvalue weighted by molar-refractivity contribution is 5.90. The third kappa shape index (κ3) is 6.64. The fourth-order valence-electron chi connectivity index (χ4n) is 4.49. The average molecular weight is 510 g/mol. The molecule has 2 heterocycles. The molecular formula is C27H35N5O5. The number of carbonyl (C=O) groups excluding carboxylic acids is 2. The average Bonchev–Trinajstić information content (AvgIpc) is 3.36. The summed E-state index contributed by atoms with van der Waals surface area (Å²) >= 11 is 0. The molecule has 37 heavy (non-hydrogen) atoms. The number of fused-ring (bicyclic) bond motifs is 3. The van der Waals surface area contributed by atoms with Crippen molar-refractivity contribution in [2.24, 2.45) is 5.92 Å². The molecule has 1 N–H and O–H groups in total. The summed E-state index contributed by atoms with van der Waals surface area (Å²) in [6, 6.07) is 13.0. The fraction of sp³-hybridized carbons (Fsp3) is 0.481. The summed E-state index contributed by atoms with van der Waals surface area (Å²) in [7, 11) is 1.67. The van der Waals surface area contributed by atoms with Crippen LogP contribution >= 0.6 is 0 Å². The number of aliphatic hydroxyl groups is 1. The van der Waals surface area contributed by atoms with Crippen molar-refractivity contribution < 1.29 is 24.2 Å². The summed E-state index contributed by atoms with van der Waals surface area (Å²) in [6.45, 7) is 5.11. The third-order valence-electron chi connectivity index (χ3n) is 6.76. The molecule has 0 saturated carbocycles. The van der Waals surface area contributed by atoms with Crippen LogP contribution in [0.5, 0.6) is 5.75 Å². The van der Waals surface area contributed by atoms with Gasteiger partial charge in [0.25, 0.3) is 0 Å². The van der Waals surface area contributed by atoms with Crippen LogP contribution in [0.4, 0.5) is 4.79 Å². The maximum Gasteiger partial charge on any atom is 0.415 e. The summed E-state index contributed by atoms with van der Waals surface area (Å²) < 4.78 is 13.7. The number of aryl methyl sites for hydroxylation is 1. The van der Waals surface area contributed by atoms with Crippen molar-refractivity contribution in [2.45, 2.75) is 52.0 Å². The highest BCUT2D eigenvalue weighted by Gasteiger charge is 2.29. The molecule has 0 radical (unpaired) electrons. The van der Waals surface area contributed by atoms with E-state index in [-0.39, 0.29) is 37.6 Å². The molecule has 0 fully saturated rings. The lowest BCUT2D eigenvalue weighted by Gasteiger charge is -2.35. The topological polar surface area (TPSA) is 110 Å². The predicted octanol–water partition coefficient (Wildman–Crippen LogP) is 3.09. The molecule has 1 aliphatic heterocycles. The van der Waals surface area contributed by atoms with E-state index in [2.05, 4.69) is 10.3 Å². The third-order valence-corrected chi connectivity index (χ3v) is 6.76. The molecule has 10 nitrogen and oxygen atoms in total. The molecule has 1 aliphatic rings. The highest BCUT2D eigenvalue weighted by Crippen LogP contribution is 2.26. The molecule has 0 unspecified atom stereocenters. The summed E-state index contributed by atoms with van der Waals surface area (Å²) in [5.41, 5.74) is 0.685. The van der Waals surface area contributed by atoms with Crippen LogP contribution in [0.1, 0.15) is 32.4 Å². The van der Waals surface area contributed by atoms with Crippen molar-refractivity contribution in [3.05, 3.63) is 54.4 Å². The van der Waals surface area contributed by atoms with Gasteiger partial charge in [-0.2, -0.15) is 0 Å². The molecule has 3 atom stereocenters. The molecule has 1 aromatic heterocycles. The first kappa shape index (κ1) is 26.6. The number of nitrogens with zero attached hydrogens (tertiary/aromatic N) is 5. The smallest absolute Gasteiger partial charge is 0.410 e. The van der Waals surface area contributed by atoms with Gasteiger partial charge in [0, 0.05) is 37.9 Å². The lowest BCUT2D eigenvalue weighted by atomic mass is 10.0. The second-order valence-electron chi connectivity index (χ2n) is 9.71. The Hall–Kier alpha value is -3.50. The van der Waals surface area contributed by atoms with Crippen molar-refractivity contribution in [1.82, 2.24) is 24.8 Å². The number of carbonyl (C=O) groups is 2. The number of aromatic nitrogens is 3. The second kappa shape index (κ2) is 12.2. The van der Waals surface area contributed by atoms with E-state index < -0.39 is 12.2 Å². The maximum atomic E-state index is 13.1. The number of benzene rings is 2. The van der Waals surface area contributed by atoms with E-state index in [0.29, 0.717) is 37.4 Å². The van der Waals surface area contributed by atoms with Crippen LogP contribution in [0.25, 0.3) is 10.8 Å². The van der Waals surface area contributed by atoms with Gasteiger partial charge in [0.05, 0.1) is 38.1 Å². The monoisotopic (exact) mass is 509 g/mol. The van der Waals surface area contributed by atoms with Gasteiger partial charge in [-0.3, -0.25) is 9.48 Å². The Morgan fingerprint density at radius 2 is 2.05 bits per heavy atom. The highest BCUT2D eigenvalue weighted by atomic mass is 16.6. The van der Waals surface area contributed by atoms with Crippen LogP contribution in [0.2, 0.25) is 0 Å². The molecule has 2 bridgehead atoms. The largest absolute Gasteiger partial charge is 0.415 e. The quantitative estimate of drug-likeness (QED) is 0.563. The zero-order chi connectivity index (χ0) is 26.4. The van der Waals surface area contributed by atoms with Crippen LogP contribution in [0, 0.1) is 5.92 Å². The molecule has 3 aromatic rings. The molecule has 0 spiro atoms. The minimum absolute atomic E-state index is 0.0320. The van der Waals surface area contributed by atoms with Crippen molar-refractivity contribution in [3.63, 3.8) is 0 Å². The molecular weight excluding hydrogens is 474 g/mol. The van der Waals surface area contributed by atoms with E-state index in [1.165, 1.54) is 4.90 Å². The number of amides is 2. The van der Waals surface area contributed by atoms with Gasteiger partial charge in [0.1, 0.15) is 11.4 Å². The second-order valence-corrected chi connectivity index (χ2v) is 9.71. The maximum absolute atomic E-state index is 13.1. The summed E-state index contributed by atoms with van der Waals surface area (Å²) in [5, 5.41) is 19.9. The normalized spacial score (nSPS) is 20.0. The van der Waals surface area contributed by atoms with E-state index in [1.54, 1.807) is 22.7 Å². The van der Waals surface area contributed by atoms with Crippen LogP contribution in [0.3, 0.4) is 0 Å². The first-order valence-electron chi connectivity index (χ1n) is 12.7. The lowest BCUT2D eigenvalue weighted by molar-refractivity contribution is -0.136. The van der Waals surface area contributed by atoms with E-state index in [0.717, 1.165) is 10.8 Å². The minimum Gasteiger partial charge on any atom is -0.410 e. The predicted molar refractivity (Wildman–Crippen MR) is 138 cm³/mol. The Morgan fingerprint density at radius 1 is 1.27 bits per heavy atom. The standard InChI is InChI=1S/C27H35N5O5/c1-19-14-32(20(2)17-33)26(34)12-7-13-31-15-22(28-29-31)18-36-25(19)16-30(3)27(35)37-24-11-6-9-21-8-4-5-10-23(21)24/h4-6,8-11,15,19-20,25,33H,7,12-14,16-18H2,1-3H3/t19-,20+,25+/m1/s1. The van der Waals surface area contributed by atoms with Crippen molar-refractivity contribution >= 4 is 22.8 Å². The number of rotatable bonds is 5. The van der Waals surface area contributed by atoms with E-state index in [4.69, 9.17) is 9.47 Å². The number of ether oxygens (including phenoxy) is 2. The molecule has 0 aliphatic carbocycles. The Morgan fingerprint density at radius 3 is 2.86 bits per heavy atom. The van der Waals surface area contributed by atoms with Gasteiger partial charge in [-0.15, -0.1) is 5.10 Å². The number of hydrogen-bond donors (Lipinski definition) is 1. The molecule has 198 valence electrons. The van der Waals surface area contributed by atoms with Gasteiger partial charge in [0.15, 0.2) is 0 Å². The Balaban J connectivity index is 1.51. The molecule has 2 aromatic carbocycles. The zero-order valence-electron chi connectivity index (χ0n) is 21.6. The van der Waals surface area contributed by atoms with Gasteiger partial charge in [-0.1, -0.05) is 48.5 Å². The first-order valence-corrected chi connectivity index (χ1v) is 12.7. The SMILES string of the molecule is C[C@@H]1CN([C@@H](C)CO)C(=O)CCCn2cc(nn2)CO[C@H]1CN(C)C(=O)Oc1cccc2ccccc12. The van der Waals surface area contributed by atoms with Crippen molar-refractivity contribution in [3.8, 4) is 5.75 Å². The van der Waals surface area contributed by atoms with Crippen LogP contribution in [0.15, 0.2) is 48.7 Å². The van der Waals surface area contributed by atoms with Crippen LogP contribution in [-0.2, 0) is 22.7 Å². The van der Waals surface area contributed by atoms with Crippen molar-refractivity contribution in [1.29, 1.82) is 0 Å². The number of likely N-dealkylation sites (N-methyl/N-ethyl adjacent to an activating group) is 1. The van der Waals surface area contributed by atoms with Gasteiger partial charge >= 0.3 is 6.09 Å². The zero-order valence-corrected chi connectivity index (χ0v) is 21.6. The Labute approximate surface area is 216 Å². The van der Waals surface area contributed by atoms with Gasteiger partial charge in [0.2, 0.25) is 5.91 Å². The Bertz CT molecular complexity index is 1210.